The van der Waals surface area contributed by atoms with E-state index < -0.39 is 23.2 Å². The molecule has 3 rings (SSSR count). The fraction of sp³-hybridized carbons (Fsp3) is 0.316. The van der Waals surface area contributed by atoms with Crippen LogP contribution in [0.25, 0.3) is 22.4 Å². The summed E-state index contributed by atoms with van der Waals surface area (Å²) in [4.78, 5) is 17.0. The summed E-state index contributed by atoms with van der Waals surface area (Å²) in [7, 11) is 0. The summed E-state index contributed by atoms with van der Waals surface area (Å²) in [6, 6.07) is 6.34. The molecule has 0 atom stereocenters. The average Bonchev–Trinajstić information content (AvgIpc) is 3.01. The zero-order valence-electron chi connectivity index (χ0n) is 15.9. The lowest BCUT2D eigenvalue weighted by atomic mass is 9.99. The van der Waals surface area contributed by atoms with E-state index in [4.69, 9.17) is 10.3 Å². The molecule has 0 fully saturated rings. The van der Waals surface area contributed by atoms with Crippen molar-refractivity contribution in [2.45, 2.75) is 32.5 Å². The van der Waals surface area contributed by atoms with Gasteiger partial charge in [-0.3, -0.25) is 4.79 Å². The summed E-state index contributed by atoms with van der Waals surface area (Å²) in [5.74, 6) is -0.500. The number of aryl methyl sites for hydroxylation is 1. The molecule has 6 nitrogen and oxygen atoms in total. The average molecular weight is 429 g/mol. The van der Waals surface area contributed by atoms with E-state index in [9.17, 15) is 18.0 Å². The van der Waals surface area contributed by atoms with Crippen molar-refractivity contribution in [3.8, 4) is 11.3 Å². The number of nitrogens with one attached hydrogen (secondary N) is 1. The summed E-state index contributed by atoms with van der Waals surface area (Å²) in [5.41, 5.74) is 4.43. The largest absolute Gasteiger partial charge is 0.417 e. The minimum Gasteiger partial charge on any atom is -0.346 e. The third-order valence-corrected chi connectivity index (χ3v) is 4.33. The molecular formula is C19H20ClF3N4O2. The fourth-order valence-electron chi connectivity index (χ4n) is 2.79. The molecule has 3 aromatic rings. The lowest BCUT2D eigenvalue weighted by molar-refractivity contribution is -0.137. The molecule has 0 aliphatic rings. The number of benzene rings is 1. The Morgan fingerprint density at radius 1 is 1.24 bits per heavy atom. The molecule has 29 heavy (non-hydrogen) atoms. The van der Waals surface area contributed by atoms with Crippen molar-refractivity contribution in [3.63, 3.8) is 0 Å². The number of nitrogens with two attached hydrogens (primary N) is 1. The SMILES string of the molecule is Cc1noc2nc(-c3ccccc3C(F)(F)F)cc(C(=O)NC(C)(C)CN)c12.Cl. The Morgan fingerprint density at radius 2 is 1.90 bits per heavy atom. The normalized spacial score (nSPS) is 12.0. The Morgan fingerprint density at radius 3 is 2.52 bits per heavy atom. The Kier molecular flexibility index (Phi) is 6.24. The van der Waals surface area contributed by atoms with Crippen LogP contribution in [0, 0.1) is 6.92 Å². The molecule has 2 aromatic heterocycles. The number of hydrogen-bond donors (Lipinski definition) is 2. The zero-order valence-corrected chi connectivity index (χ0v) is 16.7. The van der Waals surface area contributed by atoms with E-state index in [1.165, 1.54) is 24.3 Å². The van der Waals surface area contributed by atoms with Gasteiger partial charge in [-0.25, -0.2) is 4.98 Å². The van der Waals surface area contributed by atoms with E-state index in [0.717, 1.165) is 6.07 Å². The van der Waals surface area contributed by atoms with Gasteiger partial charge in [0.15, 0.2) is 0 Å². The van der Waals surface area contributed by atoms with Crippen molar-refractivity contribution >= 4 is 29.4 Å². The van der Waals surface area contributed by atoms with Crippen molar-refractivity contribution in [1.82, 2.24) is 15.5 Å². The lowest BCUT2D eigenvalue weighted by Crippen LogP contribution is -2.48. The summed E-state index contributed by atoms with van der Waals surface area (Å²) in [6.45, 7) is 5.29. The van der Waals surface area contributed by atoms with Crippen LogP contribution in [0.1, 0.15) is 35.5 Å². The molecule has 156 valence electrons. The van der Waals surface area contributed by atoms with Gasteiger partial charge in [0.2, 0.25) is 0 Å². The molecule has 0 bridgehead atoms. The van der Waals surface area contributed by atoms with Crippen LogP contribution in [0.5, 0.6) is 0 Å². The molecule has 3 N–H and O–H groups in total. The van der Waals surface area contributed by atoms with Crippen LogP contribution in [-0.2, 0) is 6.18 Å². The van der Waals surface area contributed by atoms with Crippen LogP contribution in [-0.4, -0.2) is 28.1 Å². The number of carbonyl (C=O) groups excluding carboxylic acids is 1. The van der Waals surface area contributed by atoms with Crippen LogP contribution in [0.4, 0.5) is 13.2 Å². The minimum atomic E-state index is -4.57. The van der Waals surface area contributed by atoms with E-state index in [0.29, 0.717) is 11.1 Å². The number of halogens is 4. The van der Waals surface area contributed by atoms with Gasteiger partial charge in [0.05, 0.1) is 27.9 Å². The number of fused-ring (bicyclic) bond motifs is 1. The van der Waals surface area contributed by atoms with E-state index in [2.05, 4.69) is 15.5 Å². The predicted molar refractivity (Wildman–Crippen MR) is 105 cm³/mol. The van der Waals surface area contributed by atoms with Crippen molar-refractivity contribution in [2.24, 2.45) is 5.73 Å². The van der Waals surface area contributed by atoms with Crippen LogP contribution in [0.3, 0.4) is 0 Å². The molecule has 0 aliphatic carbocycles. The van der Waals surface area contributed by atoms with Gasteiger partial charge in [-0.05, 0) is 32.9 Å². The first-order valence-electron chi connectivity index (χ1n) is 8.50. The number of alkyl halides is 3. The number of carbonyl (C=O) groups is 1. The molecule has 0 aliphatic heterocycles. The minimum absolute atomic E-state index is 0. The topological polar surface area (TPSA) is 94.0 Å². The molecule has 10 heteroatoms. The standard InChI is InChI=1S/C19H19F3N4O2.ClH/c1-10-15-12(16(27)25-18(2,3)9-23)8-14(24-17(15)28-26-10)11-6-4-5-7-13(11)19(20,21)22;/h4-8H,9,23H2,1-3H3,(H,25,27);1H. The predicted octanol–water partition coefficient (Wildman–Crippen LogP) is 4.11. The second-order valence-corrected chi connectivity index (χ2v) is 7.09. The van der Waals surface area contributed by atoms with Crippen molar-refractivity contribution < 1.29 is 22.5 Å². The van der Waals surface area contributed by atoms with Crippen molar-refractivity contribution in [3.05, 3.63) is 47.2 Å². The monoisotopic (exact) mass is 428 g/mol. The quantitative estimate of drug-likeness (QED) is 0.652. The first-order valence-corrected chi connectivity index (χ1v) is 8.50. The maximum absolute atomic E-state index is 13.4. The molecule has 0 spiro atoms. The lowest BCUT2D eigenvalue weighted by Gasteiger charge is -2.24. The maximum atomic E-state index is 13.4. The van der Waals surface area contributed by atoms with Crippen LogP contribution >= 0.6 is 12.4 Å². The van der Waals surface area contributed by atoms with Gasteiger partial charge in [0, 0.05) is 17.6 Å². The Hall–Kier alpha value is -2.65. The van der Waals surface area contributed by atoms with Crippen LogP contribution < -0.4 is 11.1 Å². The van der Waals surface area contributed by atoms with E-state index in [1.54, 1.807) is 20.8 Å². The number of aromatic nitrogens is 2. The summed E-state index contributed by atoms with van der Waals surface area (Å²) >= 11 is 0. The van der Waals surface area contributed by atoms with Gasteiger partial charge in [-0.15, -0.1) is 12.4 Å². The van der Waals surface area contributed by atoms with Gasteiger partial charge in [0.1, 0.15) is 0 Å². The zero-order chi connectivity index (χ0) is 20.7. The first-order chi connectivity index (χ1) is 13.0. The van der Waals surface area contributed by atoms with Crippen LogP contribution in [0.15, 0.2) is 34.9 Å². The molecule has 0 unspecified atom stereocenters. The van der Waals surface area contributed by atoms with Crippen molar-refractivity contribution in [2.75, 3.05) is 6.54 Å². The molecule has 0 saturated carbocycles. The smallest absolute Gasteiger partial charge is 0.346 e. The first kappa shape index (κ1) is 22.6. The molecule has 0 saturated heterocycles. The van der Waals surface area contributed by atoms with Gasteiger partial charge in [0.25, 0.3) is 11.6 Å². The third kappa shape index (κ3) is 4.51. The van der Waals surface area contributed by atoms with Gasteiger partial charge >= 0.3 is 6.18 Å². The Labute approximate surface area is 171 Å². The van der Waals surface area contributed by atoms with E-state index >= 15 is 0 Å². The van der Waals surface area contributed by atoms with Crippen molar-refractivity contribution in [1.29, 1.82) is 0 Å². The highest BCUT2D eigenvalue weighted by Crippen LogP contribution is 2.37. The number of rotatable bonds is 4. The highest BCUT2D eigenvalue weighted by Gasteiger charge is 2.34. The summed E-state index contributed by atoms with van der Waals surface area (Å²) < 4.78 is 45.4. The fourth-order valence-corrected chi connectivity index (χ4v) is 2.79. The van der Waals surface area contributed by atoms with E-state index in [1.807, 2.05) is 0 Å². The third-order valence-electron chi connectivity index (χ3n) is 4.33. The second-order valence-electron chi connectivity index (χ2n) is 7.09. The van der Waals surface area contributed by atoms with Gasteiger partial charge < -0.3 is 15.6 Å². The molecule has 1 aromatic carbocycles. The highest BCUT2D eigenvalue weighted by molar-refractivity contribution is 6.07. The number of hydrogen-bond acceptors (Lipinski definition) is 5. The Balaban J connectivity index is 0.00000300. The molecule has 1 amide bonds. The Bertz CT molecular complexity index is 1050. The second kappa shape index (κ2) is 8.00. The van der Waals surface area contributed by atoms with Gasteiger partial charge in [-0.2, -0.15) is 13.2 Å². The molecule has 2 heterocycles. The maximum Gasteiger partial charge on any atom is 0.417 e. The summed E-state index contributed by atoms with van der Waals surface area (Å²) in [6.07, 6.45) is -4.57. The number of pyridine rings is 1. The molecule has 0 radical (unpaired) electrons. The molecular weight excluding hydrogens is 409 g/mol. The number of nitrogens with zero attached hydrogens (tertiary/aromatic N) is 2. The van der Waals surface area contributed by atoms with E-state index in [-0.39, 0.29) is 41.5 Å². The highest BCUT2D eigenvalue weighted by atomic mass is 35.5. The summed E-state index contributed by atoms with van der Waals surface area (Å²) in [5, 5.41) is 6.91. The number of amides is 1. The van der Waals surface area contributed by atoms with Gasteiger partial charge in [-0.1, -0.05) is 23.4 Å². The van der Waals surface area contributed by atoms with Crippen LogP contribution in [0.2, 0.25) is 0 Å².